The first kappa shape index (κ1) is 18.0. The predicted octanol–water partition coefficient (Wildman–Crippen LogP) is 1.83. The molecule has 1 saturated heterocycles. The Hall–Kier alpha value is -2.39. The van der Waals surface area contributed by atoms with Crippen LogP contribution in [0.1, 0.15) is 31.7 Å². The van der Waals surface area contributed by atoms with E-state index in [0.29, 0.717) is 30.3 Å². The van der Waals surface area contributed by atoms with Gasteiger partial charge >= 0.3 is 0 Å². The lowest BCUT2D eigenvalue weighted by atomic mass is 10.0. The van der Waals surface area contributed by atoms with Crippen LogP contribution in [0.15, 0.2) is 24.3 Å². The highest BCUT2D eigenvalue weighted by atomic mass is 16.2. The van der Waals surface area contributed by atoms with Gasteiger partial charge in [-0.15, -0.1) is 0 Å². The van der Waals surface area contributed by atoms with Crippen molar-refractivity contribution in [2.45, 2.75) is 32.2 Å². The summed E-state index contributed by atoms with van der Waals surface area (Å²) in [5.74, 6) is 0.0182. The van der Waals surface area contributed by atoms with Crippen molar-refractivity contribution in [1.29, 1.82) is 5.26 Å². The van der Waals surface area contributed by atoms with Crippen LogP contribution in [0.5, 0.6) is 0 Å². The van der Waals surface area contributed by atoms with Crippen molar-refractivity contribution >= 4 is 17.5 Å². The molecule has 0 aromatic heterocycles. The third-order valence-electron chi connectivity index (χ3n) is 4.58. The van der Waals surface area contributed by atoms with E-state index in [-0.39, 0.29) is 11.8 Å². The van der Waals surface area contributed by atoms with E-state index in [4.69, 9.17) is 5.26 Å². The molecular weight excluding hydrogens is 304 g/mol. The fourth-order valence-corrected chi connectivity index (χ4v) is 2.95. The van der Waals surface area contributed by atoms with Gasteiger partial charge in [0.05, 0.1) is 11.3 Å². The number of hydrogen-bond acceptors (Lipinski definition) is 4. The zero-order valence-electron chi connectivity index (χ0n) is 14.3. The molecule has 1 heterocycles. The van der Waals surface area contributed by atoms with Crippen LogP contribution in [-0.4, -0.2) is 54.3 Å². The minimum atomic E-state index is -0.0827. The SMILES string of the molecule is CC(=O)N(C)C1CCN(CCC(=O)Nc2ccccc2C#N)CC1. The molecule has 6 heteroatoms. The van der Waals surface area contributed by atoms with Gasteiger partial charge in [0.1, 0.15) is 6.07 Å². The van der Waals surface area contributed by atoms with Crippen LogP contribution in [0.2, 0.25) is 0 Å². The molecule has 0 atom stereocenters. The first-order valence-electron chi connectivity index (χ1n) is 8.26. The summed E-state index contributed by atoms with van der Waals surface area (Å²) in [5.41, 5.74) is 1.03. The number of para-hydroxylation sites is 1. The molecule has 24 heavy (non-hydrogen) atoms. The zero-order valence-corrected chi connectivity index (χ0v) is 14.3. The van der Waals surface area contributed by atoms with Crippen LogP contribution in [-0.2, 0) is 9.59 Å². The number of piperidine rings is 1. The fraction of sp³-hybridized carbons (Fsp3) is 0.500. The van der Waals surface area contributed by atoms with Crippen LogP contribution in [0, 0.1) is 11.3 Å². The Bertz CT molecular complexity index is 630. The molecule has 128 valence electrons. The van der Waals surface area contributed by atoms with E-state index in [0.717, 1.165) is 25.9 Å². The largest absolute Gasteiger partial charge is 0.343 e. The molecule has 0 radical (unpaired) electrons. The summed E-state index contributed by atoms with van der Waals surface area (Å²) in [4.78, 5) is 27.5. The Morgan fingerprint density at radius 1 is 1.33 bits per heavy atom. The Kier molecular flexibility index (Phi) is 6.33. The number of benzene rings is 1. The fourth-order valence-electron chi connectivity index (χ4n) is 2.95. The molecule has 0 spiro atoms. The number of hydrogen-bond donors (Lipinski definition) is 1. The molecule has 2 rings (SSSR count). The van der Waals surface area contributed by atoms with E-state index in [1.165, 1.54) is 0 Å². The minimum absolute atomic E-state index is 0.0827. The second kappa shape index (κ2) is 8.46. The Labute approximate surface area is 143 Å². The highest BCUT2D eigenvalue weighted by molar-refractivity contribution is 5.92. The topological polar surface area (TPSA) is 76.4 Å². The number of likely N-dealkylation sites (tertiary alicyclic amines) is 1. The van der Waals surface area contributed by atoms with E-state index in [1.807, 2.05) is 11.9 Å². The number of amides is 2. The van der Waals surface area contributed by atoms with E-state index >= 15 is 0 Å². The van der Waals surface area contributed by atoms with Crippen molar-refractivity contribution in [2.75, 3.05) is 32.0 Å². The third kappa shape index (κ3) is 4.80. The second-order valence-electron chi connectivity index (χ2n) is 6.16. The Morgan fingerprint density at radius 2 is 2.00 bits per heavy atom. The van der Waals surface area contributed by atoms with Gasteiger partial charge in [0, 0.05) is 46.1 Å². The summed E-state index contributed by atoms with van der Waals surface area (Å²) in [5, 5.41) is 11.8. The molecule has 6 nitrogen and oxygen atoms in total. The molecule has 1 N–H and O–H groups in total. The lowest BCUT2D eigenvalue weighted by Gasteiger charge is -2.36. The van der Waals surface area contributed by atoms with Gasteiger partial charge in [-0.3, -0.25) is 9.59 Å². The van der Waals surface area contributed by atoms with Gasteiger partial charge in [-0.1, -0.05) is 12.1 Å². The highest BCUT2D eigenvalue weighted by Gasteiger charge is 2.23. The Morgan fingerprint density at radius 3 is 2.62 bits per heavy atom. The maximum absolute atomic E-state index is 12.1. The Balaban J connectivity index is 1.75. The summed E-state index contributed by atoms with van der Waals surface area (Å²) in [6.45, 7) is 4.07. The molecule has 1 aliphatic rings. The molecule has 2 amide bonds. The summed E-state index contributed by atoms with van der Waals surface area (Å²) in [7, 11) is 1.85. The standard InChI is InChI=1S/C18H24N4O2/c1-14(23)21(2)16-7-10-22(11-8-16)12-9-18(24)20-17-6-4-3-5-15(17)13-19/h3-6,16H,7-12H2,1-2H3,(H,20,24). The van der Waals surface area contributed by atoms with E-state index in [2.05, 4.69) is 16.3 Å². The maximum Gasteiger partial charge on any atom is 0.225 e. The minimum Gasteiger partial charge on any atom is -0.343 e. The average Bonchev–Trinajstić information content (AvgIpc) is 2.60. The quantitative estimate of drug-likeness (QED) is 0.894. The van der Waals surface area contributed by atoms with E-state index < -0.39 is 0 Å². The van der Waals surface area contributed by atoms with Gasteiger partial charge < -0.3 is 15.1 Å². The maximum atomic E-state index is 12.1. The van der Waals surface area contributed by atoms with Crippen LogP contribution in [0.3, 0.4) is 0 Å². The summed E-state index contributed by atoms with van der Waals surface area (Å²) < 4.78 is 0. The van der Waals surface area contributed by atoms with Gasteiger partial charge in [0.2, 0.25) is 11.8 Å². The van der Waals surface area contributed by atoms with E-state index in [9.17, 15) is 9.59 Å². The van der Waals surface area contributed by atoms with Gasteiger partial charge in [0.25, 0.3) is 0 Å². The van der Waals surface area contributed by atoms with Gasteiger partial charge in [-0.2, -0.15) is 5.26 Å². The van der Waals surface area contributed by atoms with Crippen molar-refractivity contribution in [2.24, 2.45) is 0 Å². The van der Waals surface area contributed by atoms with Gasteiger partial charge in [-0.05, 0) is 25.0 Å². The molecule has 1 fully saturated rings. The van der Waals surface area contributed by atoms with Crippen molar-refractivity contribution in [3.05, 3.63) is 29.8 Å². The number of anilines is 1. The molecule has 1 aromatic carbocycles. The molecular formula is C18H24N4O2. The first-order chi connectivity index (χ1) is 11.5. The average molecular weight is 328 g/mol. The number of carbonyl (C=O) groups excluding carboxylic acids is 2. The van der Waals surface area contributed by atoms with Gasteiger partial charge in [0.15, 0.2) is 0 Å². The highest BCUT2D eigenvalue weighted by Crippen LogP contribution is 2.17. The molecule has 1 aromatic rings. The number of carbonyl (C=O) groups is 2. The van der Waals surface area contributed by atoms with Crippen molar-refractivity contribution < 1.29 is 9.59 Å². The molecule has 0 bridgehead atoms. The predicted molar refractivity (Wildman–Crippen MR) is 92.3 cm³/mol. The third-order valence-corrected chi connectivity index (χ3v) is 4.58. The summed E-state index contributed by atoms with van der Waals surface area (Å²) in [6.07, 6.45) is 2.27. The number of nitrogens with zero attached hydrogens (tertiary/aromatic N) is 3. The monoisotopic (exact) mass is 328 g/mol. The lowest BCUT2D eigenvalue weighted by Crippen LogP contribution is -2.45. The molecule has 0 unspecified atom stereocenters. The normalized spacial score (nSPS) is 15.5. The summed E-state index contributed by atoms with van der Waals surface area (Å²) >= 11 is 0. The molecule has 0 saturated carbocycles. The first-order valence-corrected chi connectivity index (χ1v) is 8.26. The lowest BCUT2D eigenvalue weighted by molar-refractivity contribution is -0.130. The molecule has 0 aliphatic carbocycles. The van der Waals surface area contributed by atoms with Gasteiger partial charge in [-0.25, -0.2) is 0 Å². The van der Waals surface area contributed by atoms with Crippen LogP contribution in [0.25, 0.3) is 0 Å². The van der Waals surface area contributed by atoms with Crippen LogP contribution < -0.4 is 5.32 Å². The number of rotatable bonds is 5. The summed E-state index contributed by atoms with van der Waals surface area (Å²) in [6, 6.07) is 9.37. The van der Waals surface area contributed by atoms with E-state index in [1.54, 1.807) is 31.2 Å². The van der Waals surface area contributed by atoms with Crippen molar-refractivity contribution in [3.63, 3.8) is 0 Å². The number of nitrogens with one attached hydrogen (secondary N) is 1. The smallest absolute Gasteiger partial charge is 0.225 e. The number of nitriles is 1. The molecule has 1 aliphatic heterocycles. The van der Waals surface area contributed by atoms with Crippen LogP contribution >= 0.6 is 0 Å². The van der Waals surface area contributed by atoms with Crippen molar-refractivity contribution in [1.82, 2.24) is 9.80 Å². The van der Waals surface area contributed by atoms with Crippen LogP contribution in [0.4, 0.5) is 5.69 Å². The second-order valence-corrected chi connectivity index (χ2v) is 6.16. The zero-order chi connectivity index (χ0) is 17.5. The van der Waals surface area contributed by atoms with Crippen molar-refractivity contribution in [3.8, 4) is 6.07 Å².